The van der Waals surface area contributed by atoms with Gasteiger partial charge >= 0.3 is 5.97 Å². The Labute approximate surface area is 170 Å². The Kier molecular flexibility index (Phi) is 7.40. The number of carbonyl (C=O) groups is 2. The normalized spacial score (nSPS) is 14.2. The van der Waals surface area contributed by atoms with Crippen molar-refractivity contribution in [2.45, 2.75) is 51.4 Å². The van der Waals surface area contributed by atoms with Crippen LogP contribution < -0.4 is 5.32 Å². The molecule has 1 N–H and O–H groups in total. The summed E-state index contributed by atoms with van der Waals surface area (Å²) in [4.78, 5) is 24.2. The molecule has 1 aliphatic rings. The second-order valence-electron chi connectivity index (χ2n) is 7.37. The van der Waals surface area contributed by atoms with Crippen LogP contribution in [0.1, 0.15) is 56.9 Å². The maximum Gasteiger partial charge on any atom is 0.306 e. The Hall–Kier alpha value is -3.14. The lowest BCUT2D eigenvalue weighted by Gasteiger charge is -2.20. The van der Waals surface area contributed by atoms with Crippen LogP contribution in [0.3, 0.4) is 0 Å². The minimum Gasteiger partial charge on any atom is -0.456 e. The molecular weight excluding hydrogens is 368 g/mol. The van der Waals surface area contributed by atoms with Crippen molar-refractivity contribution in [1.82, 2.24) is 9.78 Å². The summed E-state index contributed by atoms with van der Waals surface area (Å²) in [6, 6.07) is 11.2. The molecule has 2 aromatic rings. The average molecular weight is 394 g/mol. The van der Waals surface area contributed by atoms with Gasteiger partial charge < -0.3 is 10.1 Å². The Balaban J connectivity index is 1.47. The smallest absolute Gasteiger partial charge is 0.306 e. The number of para-hydroxylation sites is 1. The first-order valence-electron chi connectivity index (χ1n) is 10.2. The number of hydrogen-bond acceptors (Lipinski definition) is 5. The third kappa shape index (κ3) is 5.92. The van der Waals surface area contributed by atoms with Crippen molar-refractivity contribution in [3.8, 4) is 11.8 Å². The SMILES string of the molecule is N#Cc1cnn(-c2ccccc2)c1NC(=O)COC(=O)CCCC1CCCCC1. The highest BCUT2D eigenvalue weighted by molar-refractivity contribution is 5.93. The Morgan fingerprint density at radius 1 is 1.21 bits per heavy atom. The van der Waals surface area contributed by atoms with Crippen molar-refractivity contribution in [3.63, 3.8) is 0 Å². The van der Waals surface area contributed by atoms with E-state index in [-0.39, 0.29) is 24.0 Å². The minimum atomic E-state index is -0.500. The number of nitrogens with one attached hydrogen (secondary N) is 1. The summed E-state index contributed by atoms with van der Waals surface area (Å²) in [6.45, 7) is -0.382. The molecule has 0 atom stereocenters. The van der Waals surface area contributed by atoms with Gasteiger partial charge in [0, 0.05) is 6.42 Å². The van der Waals surface area contributed by atoms with Crippen LogP contribution in [0.4, 0.5) is 5.82 Å². The number of aromatic nitrogens is 2. The first kappa shape index (κ1) is 20.6. The molecule has 7 heteroatoms. The van der Waals surface area contributed by atoms with Gasteiger partial charge in [-0.25, -0.2) is 4.68 Å². The minimum absolute atomic E-state index is 0.237. The maximum absolute atomic E-state index is 12.2. The van der Waals surface area contributed by atoms with E-state index in [4.69, 9.17) is 4.74 Å². The highest BCUT2D eigenvalue weighted by atomic mass is 16.5. The number of esters is 1. The topological polar surface area (TPSA) is 97.0 Å². The van der Waals surface area contributed by atoms with Crippen LogP contribution in [0.25, 0.3) is 5.69 Å². The Morgan fingerprint density at radius 3 is 2.69 bits per heavy atom. The molecule has 29 heavy (non-hydrogen) atoms. The van der Waals surface area contributed by atoms with Gasteiger partial charge in [0.2, 0.25) is 0 Å². The van der Waals surface area contributed by atoms with Gasteiger partial charge in [0.05, 0.1) is 11.9 Å². The molecule has 1 fully saturated rings. The number of anilines is 1. The average Bonchev–Trinajstić information content (AvgIpc) is 3.16. The molecule has 0 bridgehead atoms. The maximum atomic E-state index is 12.2. The van der Waals surface area contributed by atoms with Crippen molar-refractivity contribution in [1.29, 1.82) is 5.26 Å². The number of benzene rings is 1. The molecule has 0 aliphatic heterocycles. The molecule has 1 heterocycles. The Bertz CT molecular complexity index is 864. The summed E-state index contributed by atoms with van der Waals surface area (Å²) >= 11 is 0. The molecule has 0 saturated heterocycles. The summed E-state index contributed by atoms with van der Waals surface area (Å²) in [5, 5.41) is 16.1. The number of nitrogens with zero attached hydrogens (tertiary/aromatic N) is 3. The van der Waals surface area contributed by atoms with E-state index < -0.39 is 5.91 Å². The summed E-state index contributed by atoms with van der Waals surface area (Å²) in [5.74, 6) is 0.118. The zero-order valence-corrected chi connectivity index (χ0v) is 16.5. The van der Waals surface area contributed by atoms with Crippen molar-refractivity contribution in [2.24, 2.45) is 5.92 Å². The zero-order valence-electron chi connectivity index (χ0n) is 16.5. The number of rotatable bonds is 8. The molecule has 0 radical (unpaired) electrons. The fraction of sp³-hybridized carbons (Fsp3) is 0.455. The molecule has 0 unspecified atom stereocenters. The fourth-order valence-electron chi connectivity index (χ4n) is 3.71. The molecule has 3 rings (SSSR count). The highest BCUT2D eigenvalue weighted by Crippen LogP contribution is 2.27. The van der Waals surface area contributed by atoms with E-state index in [2.05, 4.69) is 10.4 Å². The van der Waals surface area contributed by atoms with Crippen LogP contribution in [0, 0.1) is 17.2 Å². The van der Waals surface area contributed by atoms with Crippen molar-refractivity contribution in [2.75, 3.05) is 11.9 Å². The van der Waals surface area contributed by atoms with Gasteiger partial charge in [-0.15, -0.1) is 0 Å². The van der Waals surface area contributed by atoms with Gasteiger partial charge in [-0.2, -0.15) is 10.4 Å². The van der Waals surface area contributed by atoms with Gasteiger partial charge in [0.15, 0.2) is 12.4 Å². The van der Waals surface area contributed by atoms with E-state index >= 15 is 0 Å². The van der Waals surface area contributed by atoms with Crippen molar-refractivity contribution < 1.29 is 14.3 Å². The molecular formula is C22H26N4O3. The summed E-state index contributed by atoms with van der Waals surface area (Å²) in [5.41, 5.74) is 0.949. The number of ether oxygens (including phenoxy) is 1. The third-order valence-electron chi connectivity index (χ3n) is 5.23. The number of nitriles is 1. The standard InChI is InChI=1S/C22H26N4O3/c23-14-18-15-24-26(19-11-5-2-6-12-19)22(18)25-20(27)16-29-21(28)13-7-10-17-8-3-1-4-9-17/h2,5-6,11-12,15,17H,1,3-4,7-10,13,16H2,(H,25,27). The van der Waals surface area contributed by atoms with Crippen LogP contribution in [-0.2, 0) is 14.3 Å². The summed E-state index contributed by atoms with van der Waals surface area (Å²) < 4.78 is 6.57. The van der Waals surface area contributed by atoms with Gasteiger partial charge in [0.25, 0.3) is 5.91 Å². The van der Waals surface area contributed by atoms with E-state index in [1.165, 1.54) is 43.0 Å². The van der Waals surface area contributed by atoms with Crippen molar-refractivity contribution >= 4 is 17.7 Å². The molecule has 7 nitrogen and oxygen atoms in total. The van der Waals surface area contributed by atoms with E-state index in [0.29, 0.717) is 12.1 Å². The van der Waals surface area contributed by atoms with Crippen LogP contribution in [0.5, 0.6) is 0 Å². The largest absolute Gasteiger partial charge is 0.456 e. The fourth-order valence-corrected chi connectivity index (χ4v) is 3.71. The van der Waals surface area contributed by atoms with E-state index in [9.17, 15) is 14.9 Å². The van der Waals surface area contributed by atoms with Crippen LogP contribution in [0.2, 0.25) is 0 Å². The van der Waals surface area contributed by atoms with E-state index in [0.717, 1.165) is 18.8 Å². The van der Waals surface area contributed by atoms with Crippen molar-refractivity contribution in [3.05, 3.63) is 42.1 Å². The third-order valence-corrected chi connectivity index (χ3v) is 5.23. The number of hydrogen-bond donors (Lipinski definition) is 1. The first-order valence-corrected chi connectivity index (χ1v) is 10.2. The zero-order chi connectivity index (χ0) is 20.5. The van der Waals surface area contributed by atoms with Crippen LogP contribution in [0.15, 0.2) is 36.5 Å². The second kappa shape index (κ2) is 10.4. The molecule has 1 aromatic carbocycles. The van der Waals surface area contributed by atoms with Gasteiger partial charge in [-0.1, -0.05) is 50.3 Å². The van der Waals surface area contributed by atoms with Crippen LogP contribution in [-0.4, -0.2) is 28.3 Å². The number of amides is 1. The van der Waals surface area contributed by atoms with Gasteiger partial charge in [-0.05, 0) is 30.9 Å². The molecule has 152 valence electrons. The summed E-state index contributed by atoms with van der Waals surface area (Å²) in [7, 11) is 0. The molecule has 1 aliphatic carbocycles. The van der Waals surface area contributed by atoms with Crippen LogP contribution >= 0.6 is 0 Å². The molecule has 0 spiro atoms. The first-order chi connectivity index (χ1) is 14.2. The number of carbonyl (C=O) groups excluding carboxylic acids is 2. The lowest BCUT2D eigenvalue weighted by Crippen LogP contribution is -2.23. The molecule has 1 saturated carbocycles. The lowest BCUT2D eigenvalue weighted by molar-refractivity contribution is -0.147. The van der Waals surface area contributed by atoms with Gasteiger partial charge in [-0.3, -0.25) is 9.59 Å². The quantitative estimate of drug-likeness (QED) is 0.683. The van der Waals surface area contributed by atoms with E-state index in [1.807, 2.05) is 36.4 Å². The lowest BCUT2D eigenvalue weighted by atomic mass is 9.86. The summed E-state index contributed by atoms with van der Waals surface area (Å²) in [6.07, 6.45) is 9.98. The monoisotopic (exact) mass is 394 g/mol. The van der Waals surface area contributed by atoms with E-state index in [1.54, 1.807) is 0 Å². The molecule has 1 amide bonds. The predicted octanol–water partition coefficient (Wildman–Crippen LogP) is 3.98. The second-order valence-corrected chi connectivity index (χ2v) is 7.37. The highest BCUT2D eigenvalue weighted by Gasteiger charge is 2.17. The molecule has 1 aromatic heterocycles. The van der Waals surface area contributed by atoms with Gasteiger partial charge in [0.1, 0.15) is 11.6 Å². The predicted molar refractivity (Wildman–Crippen MR) is 108 cm³/mol. The Morgan fingerprint density at radius 2 is 1.97 bits per heavy atom.